The van der Waals surface area contributed by atoms with Gasteiger partial charge in [-0.3, -0.25) is 0 Å². The lowest BCUT2D eigenvalue weighted by atomic mass is 10.5. The van der Waals surface area contributed by atoms with Crippen LogP contribution in [0.5, 0.6) is 0 Å². The lowest BCUT2D eigenvalue weighted by Gasteiger charge is -1.74. The van der Waals surface area contributed by atoms with Crippen molar-refractivity contribution in [1.29, 1.82) is 0 Å². The van der Waals surface area contributed by atoms with Crippen molar-refractivity contribution >= 4 is 25.4 Å². The third-order valence-electron chi connectivity index (χ3n) is 0.368. The predicted octanol–water partition coefficient (Wildman–Crippen LogP) is -0.175. The van der Waals surface area contributed by atoms with Gasteiger partial charge in [0.25, 0.3) is 0 Å². The molecule has 4 nitrogen and oxygen atoms in total. The summed E-state index contributed by atoms with van der Waals surface area (Å²) in [5, 5.41) is 15.6. The quantitative estimate of drug-likeness (QED) is 0.536. The first-order valence-corrected chi connectivity index (χ1v) is 1.77. The second-order valence-electron chi connectivity index (χ2n) is 1.01. The minimum atomic E-state index is -1.26. The topological polar surface area (TPSA) is 74.6 Å². The summed E-state index contributed by atoms with van der Waals surface area (Å²) in [6, 6.07) is 0. The fourth-order valence-electron chi connectivity index (χ4n) is 0.143. The Hall–Kier alpha value is -0.970. The summed E-state index contributed by atoms with van der Waals surface area (Å²) < 4.78 is 0. The van der Waals surface area contributed by atoms with Gasteiger partial charge in [-0.2, -0.15) is 13.5 Å². The molecule has 0 amide bonds. The Morgan fingerprint density at radius 1 is 1.00 bits per heavy atom. The van der Waals surface area contributed by atoms with Crippen molar-refractivity contribution < 1.29 is 19.8 Å². The molecule has 0 aromatic carbocycles. The van der Waals surface area contributed by atoms with Gasteiger partial charge in [-0.1, -0.05) is 0 Å². The maximum absolute atomic E-state index is 9.55. The number of carboxylic acids is 2. The highest BCUT2D eigenvalue weighted by Gasteiger charge is 1.88. The SMILES string of the molecule is O=C(O)C=CC(=O)O.S. The normalized spacial score (nSPS) is 8.44. The van der Waals surface area contributed by atoms with Crippen LogP contribution in [0, 0.1) is 0 Å². The molecule has 0 aromatic heterocycles. The number of hydrogen-bond donors (Lipinski definition) is 2. The zero-order chi connectivity index (χ0) is 6.57. The van der Waals surface area contributed by atoms with Gasteiger partial charge in [-0.25, -0.2) is 9.59 Å². The number of carboxylic acid groups (broad SMARTS) is 2. The van der Waals surface area contributed by atoms with Crippen LogP contribution in [0.4, 0.5) is 0 Å². The molecule has 5 heteroatoms. The molecule has 0 aliphatic heterocycles. The van der Waals surface area contributed by atoms with E-state index in [-0.39, 0.29) is 13.5 Å². The molecule has 0 heterocycles. The third-order valence-corrected chi connectivity index (χ3v) is 0.368. The second-order valence-corrected chi connectivity index (χ2v) is 1.01. The van der Waals surface area contributed by atoms with Crippen LogP contribution in [-0.2, 0) is 9.59 Å². The van der Waals surface area contributed by atoms with E-state index >= 15 is 0 Å². The molecule has 0 radical (unpaired) electrons. The Bertz CT molecular complexity index is 124. The number of aliphatic carboxylic acids is 2. The molecule has 9 heavy (non-hydrogen) atoms. The van der Waals surface area contributed by atoms with Crippen LogP contribution >= 0.6 is 13.5 Å². The first-order valence-electron chi connectivity index (χ1n) is 1.77. The standard InChI is InChI=1S/C4H4O4.H2S/c5-3(6)1-2-4(7)8;/h1-2H,(H,5,6)(H,7,8);1H2. The average Bonchev–Trinajstić information content (AvgIpc) is 1.61. The van der Waals surface area contributed by atoms with E-state index in [4.69, 9.17) is 10.2 Å². The molecule has 0 saturated carbocycles. The zero-order valence-corrected chi connectivity index (χ0v) is 5.37. The Kier molecular flexibility index (Phi) is 6.27. The van der Waals surface area contributed by atoms with Gasteiger partial charge in [0, 0.05) is 12.2 Å². The molecule has 0 unspecified atom stereocenters. The van der Waals surface area contributed by atoms with E-state index in [1.165, 1.54) is 0 Å². The van der Waals surface area contributed by atoms with Crippen molar-refractivity contribution in [3.05, 3.63) is 12.2 Å². The molecule has 0 aliphatic rings. The van der Waals surface area contributed by atoms with Crippen LogP contribution in [0.25, 0.3) is 0 Å². The van der Waals surface area contributed by atoms with E-state index in [0.717, 1.165) is 0 Å². The Morgan fingerprint density at radius 3 is 1.33 bits per heavy atom. The average molecular weight is 150 g/mol. The third kappa shape index (κ3) is 11.0. The molecular formula is C4H6O4S. The minimum absolute atomic E-state index is 0. The molecule has 0 rings (SSSR count). The summed E-state index contributed by atoms with van der Waals surface area (Å²) in [7, 11) is 0. The summed E-state index contributed by atoms with van der Waals surface area (Å²) in [4.78, 5) is 19.1. The summed E-state index contributed by atoms with van der Waals surface area (Å²) in [6.07, 6.45) is 1.12. The van der Waals surface area contributed by atoms with Crippen molar-refractivity contribution in [3.63, 3.8) is 0 Å². The van der Waals surface area contributed by atoms with E-state index in [2.05, 4.69) is 0 Å². The Morgan fingerprint density at radius 2 is 1.22 bits per heavy atom. The summed E-state index contributed by atoms with van der Waals surface area (Å²) >= 11 is 0. The summed E-state index contributed by atoms with van der Waals surface area (Å²) in [5.41, 5.74) is 0. The highest BCUT2D eigenvalue weighted by Crippen LogP contribution is 1.70. The Labute approximate surface area is 58.2 Å². The van der Waals surface area contributed by atoms with Crippen LogP contribution in [0.15, 0.2) is 12.2 Å². The van der Waals surface area contributed by atoms with Crippen molar-refractivity contribution in [3.8, 4) is 0 Å². The van der Waals surface area contributed by atoms with Crippen molar-refractivity contribution in [2.45, 2.75) is 0 Å². The monoisotopic (exact) mass is 150 g/mol. The van der Waals surface area contributed by atoms with Crippen LogP contribution in [0.3, 0.4) is 0 Å². The van der Waals surface area contributed by atoms with E-state index in [9.17, 15) is 9.59 Å². The lowest BCUT2D eigenvalue weighted by molar-refractivity contribution is -0.134. The van der Waals surface area contributed by atoms with Crippen molar-refractivity contribution in [2.75, 3.05) is 0 Å². The fourth-order valence-corrected chi connectivity index (χ4v) is 0.143. The molecule has 0 aromatic rings. The van der Waals surface area contributed by atoms with E-state index in [1.54, 1.807) is 0 Å². The maximum atomic E-state index is 9.55. The highest BCUT2D eigenvalue weighted by molar-refractivity contribution is 7.59. The van der Waals surface area contributed by atoms with Gasteiger partial charge in [0.1, 0.15) is 0 Å². The van der Waals surface area contributed by atoms with Crippen LogP contribution in [0.1, 0.15) is 0 Å². The first-order chi connectivity index (χ1) is 3.63. The maximum Gasteiger partial charge on any atom is 0.328 e. The Balaban J connectivity index is 0. The van der Waals surface area contributed by atoms with Crippen molar-refractivity contribution in [2.24, 2.45) is 0 Å². The van der Waals surface area contributed by atoms with Gasteiger partial charge < -0.3 is 10.2 Å². The fraction of sp³-hybridized carbons (Fsp3) is 0. The molecule has 0 spiro atoms. The first kappa shape index (κ1) is 10.9. The predicted molar refractivity (Wildman–Crippen MR) is 34.8 cm³/mol. The van der Waals surface area contributed by atoms with E-state index in [0.29, 0.717) is 12.2 Å². The zero-order valence-electron chi connectivity index (χ0n) is 4.37. The van der Waals surface area contributed by atoms with Gasteiger partial charge in [0.05, 0.1) is 0 Å². The highest BCUT2D eigenvalue weighted by atomic mass is 32.1. The number of rotatable bonds is 2. The molecule has 0 saturated heterocycles. The van der Waals surface area contributed by atoms with E-state index < -0.39 is 11.9 Å². The number of hydrogen-bond acceptors (Lipinski definition) is 2. The van der Waals surface area contributed by atoms with Gasteiger partial charge in [0.2, 0.25) is 0 Å². The van der Waals surface area contributed by atoms with Crippen LogP contribution < -0.4 is 0 Å². The second kappa shape index (κ2) is 5.17. The van der Waals surface area contributed by atoms with Crippen LogP contribution in [-0.4, -0.2) is 22.2 Å². The summed E-state index contributed by atoms with van der Waals surface area (Å²) in [5.74, 6) is -2.51. The van der Waals surface area contributed by atoms with E-state index in [1.807, 2.05) is 0 Å². The smallest absolute Gasteiger partial charge is 0.328 e. The van der Waals surface area contributed by atoms with Gasteiger partial charge >= 0.3 is 11.9 Å². The van der Waals surface area contributed by atoms with Gasteiger partial charge in [-0.05, 0) is 0 Å². The molecule has 0 bridgehead atoms. The summed E-state index contributed by atoms with van der Waals surface area (Å²) in [6.45, 7) is 0. The lowest BCUT2D eigenvalue weighted by Crippen LogP contribution is -1.91. The molecule has 0 fully saturated rings. The molecule has 52 valence electrons. The molecular weight excluding hydrogens is 144 g/mol. The van der Waals surface area contributed by atoms with Gasteiger partial charge in [0.15, 0.2) is 0 Å². The van der Waals surface area contributed by atoms with Gasteiger partial charge in [-0.15, -0.1) is 0 Å². The molecule has 0 aliphatic carbocycles. The van der Waals surface area contributed by atoms with Crippen LogP contribution in [0.2, 0.25) is 0 Å². The van der Waals surface area contributed by atoms with Crippen molar-refractivity contribution in [1.82, 2.24) is 0 Å². The minimum Gasteiger partial charge on any atom is -0.478 e. The largest absolute Gasteiger partial charge is 0.478 e. The molecule has 0 atom stereocenters. The number of carbonyl (C=O) groups is 2. The molecule has 2 N–H and O–H groups in total.